The van der Waals surface area contributed by atoms with E-state index in [2.05, 4.69) is 10.1 Å². The van der Waals surface area contributed by atoms with Crippen LogP contribution in [0.3, 0.4) is 0 Å². The Morgan fingerprint density at radius 3 is 2.85 bits per heavy atom. The fraction of sp³-hybridized carbons (Fsp3) is 0.467. The molecule has 1 fully saturated rings. The van der Waals surface area contributed by atoms with Gasteiger partial charge in [0.15, 0.2) is 5.82 Å². The van der Waals surface area contributed by atoms with Gasteiger partial charge in [-0.15, -0.1) is 0 Å². The first-order chi connectivity index (χ1) is 9.69. The first-order valence-electron chi connectivity index (χ1n) is 6.95. The van der Waals surface area contributed by atoms with Gasteiger partial charge in [0.05, 0.1) is 0 Å². The summed E-state index contributed by atoms with van der Waals surface area (Å²) in [5.41, 5.74) is 7.14. The number of nitrogens with two attached hydrogens (primary N) is 1. The van der Waals surface area contributed by atoms with Crippen molar-refractivity contribution in [3.63, 3.8) is 0 Å². The Labute approximate surface area is 123 Å². The molecule has 0 aliphatic heterocycles. The van der Waals surface area contributed by atoms with Gasteiger partial charge in [0.1, 0.15) is 0 Å². The van der Waals surface area contributed by atoms with Gasteiger partial charge in [-0.05, 0) is 42.5 Å². The van der Waals surface area contributed by atoms with E-state index in [1.807, 2.05) is 24.3 Å². The molecule has 20 heavy (non-hydrogen) atoms. The lowest BCUT2D eigenvalue weighted by atomic mass is 9.67. The van der Waals surface area contributed by atoms with E-state index in [9.17, 15) is 0 Å². The van der Waals surface area contributed by atoms with Crippen LogP contribution in [0.15, 0.2) is 28.8 Å². The third kappa shape index (κ3) is 2.86. The van der Waals surface area contributed by atoms with Gasteiger partial charge in [0.2, 0.25) is 5.89 Å². The molecule has 1 heterocycles. The second-order valence-electron chi connectivity index (χ2n) is 5.65. The minimum Gasteiger partial charge on any atom is -0.339 e. The van der Waals surface area contributed by atoms with Crippen LogP contribution in [-0.2, 0) is 12.8 Å². The van der Waals surface area contributed by atoms with Gasteiger partial charge in [-0.3, -0.25) is 0 Å². The van der Waals surface area contributed by atoms with Crippen LogP contribution < -0.4 is 5.73 Å². The van der Waals surface area contributed by atoms with E-state index in [0.717, 1.165) is 29.8 Å². The first-order valence-corrected chi connectivity index (χ1v) is 7.33. The summed E-state index contributed by atoms with van der Waals surface area (Å²) in [4.78, 5) is 4.47. The minimum atomic E-state index is 0.194. The third-order valence-electron chi connectivity index (χ3n) is 4.13. The highest BCUT2D eigenvalue weighted by atomic mass is 35.5. The molecule has 0 bridgehead atoms. The fourth-order valence-corrected chi connectivity index (χ4v) is 2.93. The molecule has 0 radical (unpaired) electrons. The molecule has 0 saturated heterocycles. The van der Waals surface area contributed by atoms with Crippen molar-refractivity contribution in [1.29, 1.82) is 0 Å². The van der Waals surface area contributed by atoms with E-state index in [4.69, 9.17) is 21.9 Å². The number of halogens is 1. The number of benzene rings is 1. The van der Waals surface area contributed by atoms with Gasteiger partial charge in [0.25, 0.3) is 0 Å². The van der Waals surface area contributed by atoms with Crippen LogP contribution in [0.25, 0.3) is 0 Å². The van der Waals surface area contributed by atoms with E-state index in [0.29, 0.717) is 24.7 Å². The van der Waals surface area contributed by atoms with Crippen molar-refractivity contribution in [2.24, 2.45) is 11.1 Å². The molecule has 0 atom stereocenters. The molecule has 3 rings (SSSR count). The van der Waals surface area contributed by atoms with Gasteiger partial charge < -0.3 is 10.3 Å². The van der Waals surface area contributed by atoms with Crippen LogP contribution in [0.2, 0.25) is 5.02 Å². The normalized spacial score (nSPS) is 16.9. The molecule has 0 spiro atoms. The Kier molecular flexibility index (Phi) is 3.76. The quantitative estimate of drug-likeness (QED) is 0.920. The average molecular weight is 292 g/mol. The zero-order valence-electron chi connectivity index (χ0n) is 11.3. The summed E-state index contributed by atoms with van der Waals surface area (Å²) < 4.78 is 5.35. The molecule has 1 saturated carbocycles. The first kappa shape index (κ1) is 13.6. The van der Waals surface area contributed by atoms with E-state index in [-0.39, 0.29) is 5.41 Å². The Bertz CT molecular complexity index is 587. The Hall–Kier alpha value is -1.39. The molecule has 1 aromatic heterocycles. The molecular weight excluding hydrogens is 274 g/mol. The molecule has 1 aliphatic rings. The van der Waals surface area contributed by atoms with Crippen molar-refractivity contribution in [3.8, 4) is 0 Å². The topological polar surface area (TPSA) is 64.9 Å². The summed E-state index contributed by atoms with van der Waals surface area (Å²) in [6.07, 6.45) is 5.01. The molecular formula is C15H18ClN3O. The summed E-state index contributed by atoms with van der Waals surface area (Å²) in [7, 11) is 0. The second-order valence-corrected chi connectivity index (χ2v) is 6.08. The summed E-state index contributed by atoms with van der Waals surface area (Å²) in [6, 6.07) is 7.71. The lowest BCUT2D eigenvalue weighted by Crippen LogP contribution is -2.39. The van der Waals surface area contributed by atoms with Crippen molar-refractivity contribution in [2.45, 2.75) is 32.1 Å². The molecule has 4 nitrogen and oxygen atoms in total. The molecule has 2 aromatic rings. The number of hydrogen-bond donors (Lipinski definition) is 1. The van der Waals surface area contributed by atoms with Crippen molar-refractivity contribution < 1.29 is 4.52 Å². The standard InChI is InChI=1S/C15H18ClN3O/c16-12-4-1-3-11(7-12)8-13-18-14(20-19-13)9-15(10-17)5-2-6-15/h1,3-4,7H,2,5-6,8-10,17H2. The average Bonchev–Trinajstić information content (AvgIpc) is 2.81. The Morgan fingerprint density at radius 2 is 2.20 bits per heavy atom. The Morgan fingerprint density at radius 1 is 1.35 bits per heavy atom. The predicted molar refractivity (Wildman–Crippen MR) is 77.6 cm³/mol. The van der Waals surface area contributed by atoms with Crippen LogP contribution in [-0.4, -0.2) is 16.7 Å². The molecule has 0 amide bonds. The van der Waals surface area contributed by atoms with Crippen LogP contribution in [0.4, 0.5) is 0 Å². The summed E-state index contributed by atoms with van der Waals surface area (Å²) in [5, 5.41) is 4.77. The molecule has 5 heteroatoms. The predicted octanol–water partition coefficient (Wildman–Crippen LogP) is 2.99. The summed E-state index contributed by atoms with van der Waals surface area (Å²) in [5.74, 6) is 1.40. The molecule has 0 unspecified atom stereocenters. The van der Waals surface area contributed by atoms with Crippen molar-refractivity contribution in [2.75, 3.05) is 6.54 Å². The maximum atomic E-state index is 5.97. The van der Waals surface area contributed by atoms with Crippen LogP contribution in [0.1, 0.15) is 36.5 Å². The van der Waals surface area contributed by atoms with Gasteiger partial charge >= 0.3 is 0 Å². The summed E-state index contributed by atoms with van der Waals surface area (Å²) in [6.45, 7) is 0.693. The maximum Gasteiger partial charge on any atom is 0.227 e. The van der Waals surface area contributed by atoms with Gasteiger partial charge in [-0.25, -0.2) is 0 Å². The van der Waals surface area contributed by atoms with Gasteiger partial charge in [0, 0.05) is 17.9 Å². The van der Waals surface area contributed by atoms with E-state index < -0.39 is 0 Å². The van der Waals surface area contributed by atoms with E-state index in [1.165, 1.54) is 6.42 Å². The lowest BCUT2D eigenvalue weighted by molar-refractivity contribution is 0.129. The minimum absolute atomic E-state index is 0.194. The second kappa shape index (κ2) is 5.54. The smallest absolute Gasteiger partial charge is 0.227 e. The highest BCUT2D eigenvalue weighted by molar-refractivity contribution is 6.30. The molecule has 1 aromatic carbocycles. The fourth-order valence-electron chi connectivity index (χ4n) is 2.71. The number of aromatic nitrogens is 2. The largest absolute Gasteiger partial charge is 0.339 e. The molecule has 2 N–H and O–H groups in total. The zero-order chi connectivity index (χ0) is 14.0. The van der Waals surface area contributed by atoms with Crippen LogP contribution >= 0.6 is 11.6 Å². The van der Waals surface area contributed by atoms with Crippen molar-refractivity contribution in [3.05, 3.63) is 46.6 Å². The SMILES string of the molecule is NCC1(Cc2nc(Cc3cccc(Cl)c3)no2)CCC1. The van der Waals surface area contributed by atoms with Crippen molar-refractivity contribution in [1.82, 2.24) is 10.1 Å². The summed E-state index contributed by atoms with van der Waals surface area (Å²) >= 11 is 5.97. The third-order valence-corrected chi connectivity index (χ3v) is 4.37. The van der Waals surface area contributed by atoms with E-state index >= 15 is 0 Å². The number of nitrogens with zero attached hydrogens (tertiary/aromatic N) is 2. The van der Waals surface area contributed by atoms with Crippen LogP contribution in [0, 0.1) is 5.41 Å². The number of hydrogen-bond acceptors (Lipinski definition) is 4. The maximum absolute atomic E-state index is 5.97. The van der Waals surface area contributed by atoms with Gasteiger partial charge in [-0.1, -0.05) is 35.3 Å². The Balaban J connectivity index is 1.67. The van der Waals surface area contributed by atoms with Gasteiger partial charge in [-0.2, -0.15) is 4.98 Å². The zero-order valence-corrected chi connectivity index (χ0v) is 12.1. The monoisotopic (exact) mass is 291 g/mol. The van der Waals surface area contributed by atoms with Crippen molar-refractivity contribution >= 4 is 11.6 Å². The number of rotatable bonds is 5. The molecule has 106 valence electrons. The lowest BCUT2D eigenvalue weighted by Gasteiger charge is -2.39. The van der Waals surface area contributed by atoms with Crippen LogP contribution in [0.5, 0.6) is 0 Å². The highest BCUT2D eigenvalue weighted by Crippen LogP contribution is 2.42. The molecule has 1 aliphatic carbocycles. The van der Waals surface area contributed by atoms with E-state index in [1.54, 1.807) is 0 Å². The highest BCUT2D eigenvalue weighted by Gasteiger charge is 2.37.